The third-order valence-corrected chi connectivity index (χ3v) is 5.60. The minimum atomic E-state index is -3.50. The van der Waals surface area contributed by atoms with Crippen LogP contribution in [-0.4, -0.2) is 44.5 Å². The van der Waals surface area contributed by atoms with Crippen LogP contribution in [0, 0.1) is 6.92 Å². The predicted molar refractivity (Wildman–Crippen MR) is 87.9 cm³/mol. The highest BCUT2D eigenvalue weighted by Crippen LogP contribution is 2.17. The normalized spacial score (nSPS) is 19.8. The highest BCUT2D eigenvalue weighted by Gasteiger charge is 2.23. The molecule has 1 unspecified atom stereocenters. The Labute approximate surface area is 131 Å². The van der Waals surface area contributed by atoms with E-state index in [9.17, 15) is 8.42 Å². The number of hydrogen-bond acceptors (Lipinski definition) is 4. The summed E-state index contributed by atoms with van der Waals surface area (Å²) < 4.78 is 27.4. The molecule has 0 bridgehead atoms. The highest BCUT2D eigenvalue weighted by atomic mass is 32.2. The lowest BCUT2D eigenvalue weighted by molar-refractivity contribution is 0.311. The number of nitrogens with zero attached hydrogens (tertiary/aromatic N) is 1. The Morgan fingerprint density at radius 1 is 1.52 bits per heavy atom. The number of rotatable bonds is 5. The minimum absolute atomic E-state index is 0.251. The molecule has 1 aromatic rings. The van der Waals surface area contributed by atoms with E-state index in [1.807, 2.05) is 7.05 Å². The molecule has 5 nitrogen and oxygen atoms in total. The zero-order valence-electron chi connectivity index (χ0n) is 12.3. The number of sulfonamides is 1. The maximum atomic E-state index is 12.3. The van der Waals surface area contributed by atoms with Gasteiger partial charge in [-0.2, -0.15) is 0 Å². The third-order valence-electron chi connectivity index (χ3n) is 3.95. The molecule has 1 aliphatic heterocycles. The van der Waals surface area contributed by atoms with E-state index in [0.717, 1.165) is 24.9 Å². The fraction of sp³-hybridized carbons (Fsp3) is 0.500. The molecule has 2 rings (SSSR count). The molecule has 1 fully saturated rings. The van der Waals surface area contributed by atoms with Gasteiger partial charge < -0.3 is 10.6 Å². The van der Waals surface area contributed by atoms with Gasteiger partial charge in [0, 0.05) is 18.2 Å². The van der Waals surface area contributed by atoms with Crippen LogP contribution in [0.4, 0.5) is 0 Å². The van der Waals surface area contributed by atoms with Crippen molar-refractivity contribution in [3.63, 3.8) is 0 Å². The lowest BCUT2D eigenvalue weighted by atomic mass is 10.1. The zero-order valence-corrected chi connectivity index (χ0v) is 13.9. The van der Waals surface area contributed by atoms with Crippen LogP contribution in [0.25, 0.3) is 0 Å². The molecule has 0 aromatic heterocycles. The summed E-state index contributed by atoms with van der Waals surface area (Å²) in [6.07, 6.45) is 2.14. The van der Waals surface area contributed by atoms with Gasteiger partial charge in [-0.15, -0.1) is 0 Å². The first-order valence-corrected chi connectivity index (χ1v) is 8.81. The van der Waals surface area contributed by atoms with Crippen LogP contribution in [-0.2, 0) is 10.0 Å². The molecule has 1 saturated heterocycles. The van der Waals surface area contributed by atoms with Gasteiger partial charge in [0.15, 0.2) is 0 Å². The molecule has 1 aliphatic rings. The standard InChI is InChI=1S/C14H21N3O2S2/c1-10-8-12(5-6-13(10)14(15)20)21(18,19)16-9-11-4-3-7-17(11)2/h5-6,8,11,16H,3-4,7,9H2,1-2H3,(H2,15,20). The van der Waals surface area contributed by atoms with Crippen LogP contribution in [0.1, 0.15) is 24.0 Å². The van der Waals surface area contributed by atoms with Crippen LogP contribution >= 0.6 is 12.2 Å². The molecule has 7 heteroatoms. The molecule has 21 heavy (non-hydrogen) atoms. The largest absolute Gasteiger partial charge is 0.389 e. The first-order valence-electron chi connectivity index (χ1n) is 6.91. The molecule has 3 N–H and O–H groups in total. The lowest BCUT2D eigenvalue weighted by Gasteiger charge is -2.19. The Balaban J connectivity index is 2.12. The second-order valence-electron chi connectivity index (χ2n) is 5.47. The Bertz CT molecular complexity index is 644. The summed E-state index contributed by atoms with van der Waals surface area (Å²) in [4.78, 5) is 2.71. The number of likely N-dealkylation sites (tertiary alicyclic amines) is 1. The minimum Gasteiger partial charge on any atom is -0.389 e. The van der Waals surface area contributed by atoms with E-state index in [0.29, 0.717) is 12.1 Å². The van der Waals surface area contributed by atoms with Crippen LogP contribution in [0.3, 0.4) is 0 Å². The predicted octanol–water partition coefficient (Wildman–Crippen LogP) is 1.00. The average Bonchev–Trinajstić information content (AvgIpc) is 2.81. The zero-order chi connectivity index (χ0) is 15.6. The second-order valence-corrected chi connectivity index (χ2v) is 7.68. The van der Waals surface area contributed by atoms with E-state index in [2.05, 4.69) is 9.62 Å². The highest BCUT2D eigenvalue weighted by molar-refractivity contribution is 7.89. The molecule has 0 amide bonds. The third kappa shape index (κ3) is 3.79. The summed E-state index contributed by atoms with van der Waals surface area (Å²) in [5, 5.41) is 0. The number of aryl methyl sites for hydroxylation is 1. The molecule has 116 valence electrons. The summed E-state index contributed by atoms with van der Waals surface area (Å²) in [5.41, 5.74) is 7.07. The Kier molecular flexibility index (Phi) is 4.98. The van der Waals surface area contributed by atoms with E-state index in [1.165, 1.54) is 0 Å². The van der Waals surface area contributed by atoms with Crippen molar-refractivity contribution in [2.45, 2.75) is 30.7 Å². The van der Waals surface area contributed by atoms with Gasteiger partial charge in [0.05, 0.1) is 4.90 Å². The van der Waals surface area contributed by atoms with Crippen molar-refractivity contribution in [2.75, 3.05) is 20.1 Å². The topological polar surface area (TPSA) is 75.4 Å². The maximum absolute atomic E-state index is 12.3. The van der Waals surface area contributed by atoms with Gasteiger partial charge in [-0.1, -0.05) is 18.3 Å². The van der Waals surface area contributed by atoms with Crippen molar-refractivity contribution in [2.24, 2.45) is 5.73 Å². The molecule has 1 atom stereocenters. The van der Waals surface area contributed by atoms with Crippen molar-refractivity contribution in [1.29, 1.82) is 0 Å². The van der Waals surface area contributed by atoms with Gasteiger partial charge in [0.25, 0.3) is 0 Å². The molecule has 1 heterocycles. The van der Waals surface area contributed by atoms with Crippen molar-refractivity contribution in [3.05, 3.63) is 29.3 Å². The van der Waals surface area contributed by atoms with E-state index in [4.69, 9.17) is 18.0 Å². The summed E-state index contributed by atoms with van der Waals surface area (Å²) in [7, 11) is -1.48. The molecule has 0 saturated carbocycles. The number of hydrogen-bond donors (Lipinski definition) is 2. The fourth-order valence-corrected chi connectivity index (χ4v) is 3.99. The van der Waals surface area contributed by atoms with Crippen LogP contribution in [0.15, 0.2) is 23.1 Å². The Morgan fingerprint density at radius 3 is 2.76 bits per heavy atom. The smallest absolute Gasteiger partial charge is 0.240 e. The van der Waals surface area contributed by atoms with E-state index >= 15 is 0 Å². The SMILES string of the molecule is Cc1cc(S(=O)(=O)NCC2CCCN2C)ccc1C(N)=S. The number of nitrogens with two attached hydrogens (primary N) is 1. The molecule has 0 spiro atoms. The molecule has 0 aliphatic carbocycles. The molecular weight excluding hydrogens is 306 g/mol. The average molecular weight is 327 g/mol. The van der Waals surface area contributed by atoms with E-state index in [-0.39, 0.29) is 15.9 Å². The molecule has 0 radical (unpaired) electrons. The number of thiocarbonyl (C=S) groups is 1. The Morgan fingerprint density at radius 2 is 2.24 bits per heavy atom. The number of nitrogens with one attached hydrogen (secondary N) is 1. The van der Waals surface area contributed by atoms with Gasteiger partial charge >= 0.3 is 0 Å². The second kappa shape index (κ2) is 6.39. The van der Waals surface area contributed by atoms with Gasteiger partial charge in [-0.3, -0.25) is 0 Å². The molecular formula is C14H21N3O2S2. The summed E-state index contributed by atoms with van der Waals surface area (Å²) in [6.45, 7) is 3.27. The summed E-state index contributed by atoms with van der Waals surface area (Å²) in [6, 6.07) is 5.09. The molecule has 1 aromatic carbocycles. The van der Waals surface area contributed by atoms with Crippen molar-refractivity contribution in [3.8, 4) is 0 Å². The van der Waals surface area contributed by atoms with Crippen LogP contribution < -0.4 is 10.5 Å². The van der Waals surface area contributed by atoms with Gasteiger partial charge in [-0.05, 0) is 51.1 Å². The van der Waals surface area contributed by atoms with Gasteiger partial charge in [0.2, 0.25) is 10.0 Å². The van der Waals surface area contributed by atoms with Crippen molar-refractivity contribution < 1.29 is 8.42 Å². The van der Waals surface area contributed by atoms with E-state index in [1.54, 1.807) is 25.1 Å². The van der Waals surface area contributed by atoms with Crippen LogP contribution in [0.5, 0.6) is 0 Å². The summed E-state index contributed by atoms with van der Waals surface area (Å²) in [5.74, 6) is 0. The van der Waals surface area contributed by atoms with Gasteiger partial charge in [-0.25, -0.2) is 13.1 Å². The van der Waals surface area contributed by atoms with Crippen LogP contribution in [0.2, 0.25) is 0 Å². The Hall–Kier alpha value is -1.02. The van der Waals surface area contributed by atoms with Crippen molar-refractivity contribution >= 4 is 27.2 Å². The first-order chi connectivity index (χ1) is 9.81. The summed E-state index contributed by atoms with van der Waals surface area (Å²) >= 11 is 4.93. The first kappa shape index (κ1) is 16.4. The van der Waals surface area contributed by atoms with Crippen molar-refractivity contribution in [1.82, 2.24) is 9.62 Å². The fourth-order valence-electron chi connectivity index (χ4n) is 2.61. The quantitative estimate of drug-likeness (QED) is 0.789. The number of likely N-dealkylation sites (N-methyl/N-ethyl adjacent to an activating group) is 1. The maximum Gasteiger partial charge on any atom is 0.240 e. The monoisotopic (exact) mass is 327 g/mol. The van der Waals surface area contributed by atoms with E-state index < -0.39 is 10.0 Å². The number of benzene rings is 1. The van der Waals surface area contributed by atoms with Gasteiger partial charge in [0.1, 0.15) is 4.99 Å². The lowest BCUT2D eigenvalue weighted by Crippen LogP contribution is -2.38.